The van der Waals surface area contributed by atoms with Crippen molar-refractivity contribution in [3.8, 4) is 0 Å². The van der Waals surface area contributed by atoms with E-state index in [4.69, 9.17) is 4.98 Å². The molecule has 0 spiro atoms. The molecule has 3 heterocycles. The maximum absolute atomic E-state index is 14.1. The fourth-order valence-corrected chi connectivity index (χ4v) is 3.69. The Bertz CT molecular complexity index is 956. The van der Waals surface area contributed by atoms with Crippen molar-refractivity contribution in [2.45, 2.75) is 39.3 Å². The zero-order valence-corrected chi connectivity index (χ0v) is 16.1. The van der Waals surface area contributed by atoms with Crippen molar-refractivity contribution in [2.75, 3.05) is 11.9 Å². The van der Waals surface area contributed by atoms with Crippen molar-refractivity contribution in [1.29, 1.82) is 0 Å². The van der Waals surface area contributed by atoms with Crippen molar-refractivity contribution in [3.63, 3.8) is 0 Å². The van der Waals surface area contributed by atoms with E-state index in [1.165, 1.54) is 6.07 Å². The Kier molecular flexibility index (Phi) is 5.25. The fourth-order valence-electron chi connectivity index (χ4n) is 3.69. The summed E-state index contributed by atoms with van der Waals surface area (Å²) in [5.74, 6) is 0.959. The number of nitrogens with zero attached hydrogens (tertiary/aromatic N) is 5. The number of likely N-dealkylation sites (tertiary alicyclic amines) is 1. The van der Waals surface area contributed by atoms with E-state index in [9.17, 15) is 4.39 Å². The summed E-state index contributed by atoms with van der Waals surface area (Å²) in [5, 5.41) is 3.15. The van der Waals surface area contributed by atoms with Crippen molar-refractivity contribution >= 4 is 11.8 Å². The lowest BCUT2D eigenvalue weighted by atomic mass is 10.1. The van der Waals surface area contributed by atoms with E-state index in [1.54, 1.807) is 18.5 Å². The van der Waals surface area contributed by atoms with Gasteiger partial charge in [0, 0.05) is 23.5 Å². The topological polar surface area (TPSA) is 66.8 Å². The van der Waals surface area contributed by atoms with Crippen LogP contribution in [0.1, 0.15) is 41.5 Å². The van der Waals surface area contributed by atoms with Crippen LogP contribution in [0.25, 0.3) is 0 Å². The average molecular weight is 378 g/mol. The van der Waals surface area contributed by atoms with Crippen LogP contribution < -0.4 is 5.32 Å². The molecule has 4 rings (SSSR count). The molecular weight excluding hydrogens is 355 g/mol. The lowest BCUT2D eigenvalue weighted by Crippen LogP contribution is -2.24. The van der Waals surface area contributed by atoms with Crippen LogP contribution in [0.5, 0.6) is 0 Å². The smallest absolute Gasteiger partial charge is 0.228 e. The lowest BCUT2D eigenvalue weighted by Gasteiger charge is -2.24. The van der Waals surface area contributed by atoms with E-state index in [0.717, 1.165) is 36.5 Å². The predicted molar refractivity (Wildman–Crippen MR) is 106 cm³/mol. The summed E-state index contributed by atoms with van der Waals surface area (Å²) < 4.78 is 14.1. The van der Waals surface area contributed by atoms with Crippen LogP contribution in [-0.2, 0) is 6.54 Å². The van der Waals surface area contributed by atoms with Gasteiger partial charge >= 0.3 is 0 Å². The van der Waals surface area contributed by atoms with Gasteiger partial charge in [0.2, 0.25) is 5.95 Å². The van der Waals surface area contributed by atoms with Crippen molar-refractivity contribution in [3.05, 3.63) is 71.2 Å². The van der Waals surface area contributed by atoms with Crippen LogP contribution in [0.2, 0.25) is 0 Å². The highest BCUT2D eigenvalue weighted by atomic mass is 19.1. The van der Waals surface area contributed by atoms with Gasteiger partial charge in [0.1, 0.15) is 5.82 Å². The van der Waals surface area contributed by atoms with Gasteiger partial charge in [-0.25, -0.2) is 19.3 Å². The van der Waals surface area contributed by atoms with Gasteiger partial charge in [-0.3, -0.25) is 9.88 Å². The third kappa shape index (κ3) is 4.14. The van der Waals surface area contributed by atoms with E-state index in [-0.39, 0.29) is 11.9 Å². The Morgan fingerprint density at radius 2 is 1.89 bits per heavy atom. The van der Waals surface area contributed by atoms with Crippen LogP contribution in [0.3, 0.4) is 0 Å². The molecule has 144 valence electrons. The molecular formula is C21H23FN6. The third-order valence-corrected chi connectivity index (χ3v) is 4.91. The molecule has 2 aromatic heterocycles. The molecule has 1 N–H and O–H groups in total. The van der Waals surface area contributed by atoms with Gasteiger partial charge in [-0.2, -0.15) is 0 Å². The summed E-state index contributed by atoms with van der Waals surface area (Å²) in [7, 11) is 0. The minimum Gasteiger partial charge on any atom is -0.307 e. The number of rotatable bonds is 5. The monoisotopic (exact) mass is 378 g/mol. The number of aromatic nitrogens is 4. The minimum absolute atomic E-state index is 0.119. The number of aryl methyl sites for hydroxylation is 2. The zero-order chi connectivity index (χ0) is 19.5. The van der Waals surface area contributed by atoms with Gasteiger partial charge in [0.25, 0.3) is 0 Å². The number of anilines is 2. The summed E-state index contributed by atoms with van der Waals surface area (Å²) in [6.45, 7) is 5.34. The molecule has 7 heteroatoms. The summed E-state index contributed by atoms with van der Waals surface area (Å²) in [6.07, 6.45) is 5.49. The molecule has 1 aliphatic rings. The molecule has 6 nitrogen and oxygen atoms in total. The number of benzene rings is 1. The first-order chi connectivity index (χ1) is 13.6. The van der Waals surface area contributed by atoms with E-state index in [1.807, 2.05) is 32.0 Å². The second-order valence-electron chi connectivity index (χ2n) is 7.15. The molecule has 0 radical (unpaired) electrons. The average Bonchev–Trinajstić information content (AvgIpc) is 3.11. The SMILES string of the molecule is Cc1cc(C)nc(Nc2cncc(C3CCCN3Cc3ccccc3F)n2)n1. The largest absolute Gasteiger partial charge is 0.307 e. The second kappa shape index (κ2) is 7.98. The first-order valence-corrected chi connectivity index (χ1v) is 9.47. The van der Waals surface area contributed by atoms with Gasteiger partial charge < -0.3 is 5.32 Å². The summed E-state index contributed by atoms with van der Waals surface area (Å²) >= 11 is 0. The predicted octanol–water partition coefficient (Wildman–Crippen LogP) is 4.10. The Hall–Kier alpha value is -2.93. The molecule has 0 amide bonds. The highest BCUT2D eigenvalue weighted by molar-refractivity contribution is 5.46. The van der Waals surface area contributed by atoms with Crippen LogP contribution in [0.4, 0.5) is 16.2 Å². The molecule has 3 aromatic rings. The Labute approximate surface area is 163 Å². The van der Waals surface area contributed by atoms with Crippen LogP contribution in [-0.4, -0.2) is 31.4 Å². The Balaban J connectivity index is 1.53. The van der Waals surface area contributed by atoms with Crippen molar-refractivity contribution < 1.29 is 4.39 Å². The van der Waals surface area contributed by atoms with Gasteiger partial charge in [0.05, 0.1) is 24.1 Å². The second-order valence-corrected chi connectivity index (χ2v) is 7.15. The summed E-state index contributed by atoms with van der Waals surface area (Å²) in [5.41, 5.74) is 3.38. The first kappa shape index (κ1) is 18.4. The Morgan fingerprint density at radius 3 is 2.68 bits per heavy atom. The molecule has 28 heavy (non-hydrogen) atoms. The normalized spacial score (nSPS) is 17.0. The molecule has 1 unspecified atom stereocenters. The minimum atomic E-state index is -0.165. The highest BCUT2D eigenvalue weighted by Gasteiger charge is 2.28. The molecule has 1 fully saturated rings. The molecule has 1 saturated heterocycles. The number of halogens is 1. The quantitative estimate of drug-likeness (QED) is 0.721. The fraction of sp³-hybridized carbons (Fsp3) is 0.333. The molecule has 0 bridgehead atoms. The summed E-state index contributed by atoms with van der Waals surface area (Å²) in [4.78, 5) is 20.1. The molecule has 0 saturated carbocycles. The zero-order valence-electron chi connectivity index (χ0n) is 16.1. The van der Waals surface area contributed by atoms with E-state index >= 15 is 0 Å². The Morgan fingerprint density at radius 1 is 1.11 bits per heavy atom. The first-order valence-electron chi connectivity index (χ1n) is 9.47. The highest BCUT2D eigenvalue weighted by Crippen LogP contribution is 2.32. The number of hydrogen-bond donors (Lipinski definition) is 1. The standard InChI is InChI=1S/C21H23FN6/c1-14-10-15(2)25-21(24-14)27-20-12-23-11-18(26-20)19-8-5-9-28(19)13-16-6-3-4-7-17(16)22/h3-4,6-7,10-12,19H,5,8-9,13H2,1-2H3,(H,24,25,26,27). The van der Waals surface area contributed by atoms with Gasteiger partial charge in [-0.05, 0) is 45.4 Å². The molecule has 1 aromatic carbocycles. The van der Waals surface area contributed by atoms with E-state index < -0.39 is 0 Å². The molecule has 0 aliphatic carbocycles. The molecule has 1 atom stereocenters. The van der Waals surface area contributed by atoms with Gasteiger partial charge in [-0.15, -0.1) is 0 Å². The van der Waals surface area contributed by atoms with E-state index in [0.29, 0.717) is 23.9 Å². The van der Waals surface area contributed by atoms with Crippen LogP contribution in [0, 0.1) is 19.7 Å². The lowest BCUT2D eigenvalue weighted by molar-refractivity contribution is 0.241. The summed E-state index contributed by atoms with van der Waals surface area (Å²) in [6, 6.07) is 8.98. The maximum Gasteiger partial charge on any atom is 0.228 e. The number of nitrogens with one attached hydrogen (secondary N) is 1. The number of hydrogen-bond acceptors (Lipinski definition) is 6. The van der Waals surface area contributed by atoms with Gasteiger partial charge in [0.15, 0.2) is 5.82 Å². The van der Waals surface area contributed by atoms with E-state index in [2.05, 4.69) is 25.2 Å². The van der Waals surface area contributed by atoms with Crippen LogP contribution in [0.15, 0.2) is 42.7 Å². The molecule has 1 aliphatic heterocycles. The van der Waals surface area contributed by atoms with Crippen molar-refractivity contribution in [2.24, 2.45) is 0 Å². The third-order valence-electron chi connectivity index (χ3n) is 4.91. The van der Waals surface area contributed by atoms with Crippen molar-refractivity contribution in [1.82, 2.24) is 24.8 Å². The van der Waals surface area contributed by atoms with Crippen LogP contribution >= 0.6 is 0 Å². The maximum atomic E-state index is 14.1. The van der Waals surface area contributed by atoms with Gasteiger partial charge in [-0.1, -0.05) is 18.2 Å².